The zero-order chi connectivity index (χ0) is 16.5. The fourth-order valence-corrected chi connectivity index (χ4v) is 3.91. The molecule has 0 N–H and O–H groups in total. The molecule has 0 amide bonds. The summed E-state index contributed by atoms with van der Waals surface area (Å²) in [5.74, 6) is 10.8. The minimum atomic E-state index is -1.58. The van der Waals surface area contributed by atoms with Crippen LogP contribution in [0.5, 0.6) is 0 Å². The van der Waals surface area contributed by atoms with Gasteiger partial charge in [0.1, 0.15) is 8.07 Å². The summed E-state index contributed by atoms with van der Waals surface area (Å²) in [5.41, 5.74) is 4.61. The molecule has 0 nitrogen and oxygen atoms in total. The molecule has 0 fully saturated rings. The van der Waals surface area contributed by atoms with Gasteiger partial charge in [0.15, 0.2) is 0 Å². The van der Waals surface area contributed by atoms with E-state index in [0.29, 0.717) is 5.04 Å². The summed E-state index contributed by atoms with van der Waals surface area (Å²) < 4.78 is 1.28. The molecule has 0 saturated heterocycles. The Hall–Kier alpha value is -0.223. The smallest absolute Gasteiger partial charge is 0.125 e. The number of thioether (sulfide) groups is 2. The molecule has 0 aliphatic heterocycles. The van der Waals surface area contributed by atoms with Crippen LogP contribution >= 0.6 is 23.5 Å². The van der Waals surface area contributed by atoms with Crippen molar-refractivity contribution in [1.82, 2.24) is 0 Å². The first-order chi connectivity index (χ1) is 9.69. The maximum atomic E-state index is 3.59. The predicted molar refractivity (Wildman–Crippen MR) is 106 cm³/mol. The third-order valence-corrected chi connectivity index (χ3v) is 10.6. The molecule has 0 aromatic heterocycles. The number of hydrogen-bond donors (Lipinski definition) is 0. The summed E-state index contributed by atoms with van der Waals surface area (Å²) in [7, 11) is -1.58. The predicted octanol–water partition coefficient (Wildman–Crippen LogP) is 6.17. The molecule has 0 bridgehead atoms. The Morgan fingerprint density at radius 1 is 1.14 bits per heavy atom. The molecule has 0 aromatic rings. The van der Waals surface area contributed by atoms with Crippen LogP contribution in [0.25, 0.3) is 0 Å². The van der Waals surface area contributed by atoms with E-state index in [1.807, 2.05) is 18.7 Å². The molecule has 0 heterocycles. The lowest BCUT2D eigenvalue weighted by molar-refractivity contribution is 0.731. The van der Waals surface area contributed by atoms with E-state index in [1.54, 1.807) is 11.8 Å². The van der Waals surface area contributed by atoms with Gasteiger partial charge in [-0.15, -0.1) is 35.0 Å². The Morgan fingerprint density at radius 2 is 1.76 bits per heavy atom. The van der Waals surface area contributed by atoms with Crippen molar-refractivity contribution in [1.29, 1.82) is 0 Å². The van der Waals surface area contributed by atoms with E-state index in [1.165, 1.54) is 17.1 Å². The molecule has 0 spiro atoms. The second-order valence-electron chi connectivity index (χ2n) is 6.57. The summed E-state index contributed by atoms with van der Waals surface area (Å²) in [4.78, 5) is 0. The van der Waals surface area contributed by atoms with Gasteiger partial charge in [0, 0.05) is 0 Å². The van der Waals surface area contributed by atoms with Gasteiger partial charge in [-0.3, -0.25) is 0 Å². The van der Waals surface area contributed by atoms with E-state index < -0.39 is 8.07 Å². The fourth-order valence-electron chi connectivity index (χ4n) is 1.21. The molecule has 0 atom stereocenters. The van der Waals surface area contributed by atoms with E-state index >= 15 is 0 Å². The first-order valence-electron chi connectivity index (χ1n) is 7.56. The van der Waals surface area contributed by atoms with Gasteiger partial charge in [0.25, 0.3) is 0 Å². The quantitative estimate of drug-likeness (QED) is 0.334. The normalized spacial score (nSPS) is 12.8. The largest absolute Gasteiger partial charge is 0.138 e. The summed E-state index contributed by atoms with van der Waals surface area (Å²) in [6.07, 6.45) is 4.61. The van der Waals surface area contributed by atoms with Crippen LogP contribution in [0, 0.1) is 23.3 Å². The Kier molecular flexibility index (Phi) is 9.62. The average Bonchev–Trinajstić information content (AvgIpc) is 2.39. The maximum absolute atomic E-state index is 3.59. The second-order valence-corrected chi connectivity index (χ2v) is 13.7. The standard InChI is InChI=1S/C18H30S2Si/c1-9-11-14-20-17(19-6)16(12-10-2)13-15-21(7,8)18(3,4)5/h9,11,14H2,1-8H3/b17-16+. The van der Waals surface area contributed by atoms with Gasteiger partial charge in [0.05, 0.1) is 9.81 Å². The number of allylic oxidation sites excluding steroid dienone is 1. The van der Waals surface area contributed by atoms with Crippen LogP contribution in [0.3, 0.4) is 0 Å². The highest BCUT2D eigenvalue weighted by Gasteiger charge is 2.33. The molecular formula is C18H30S2Si. The minimum Gasteiger partial charge on any atom is -0.125 e. The third kappa shape index (κ3) is 7.55. The van der Waals surface area contributed by atoms with E-state index in [9.17, 15) is 0 Å². The van der Waals surface area contributed by atoms with E-state index in [4.69, 9.17) is 0 Å². The molecule has 0 unspecified atom stereocenters. The summed E-state index contributed by atoms with van der Waals surface area (Å²) in [6.45, 7) is 15.7. The van der Waals surface area contributed by atoms with Crippen LogP contribution in [-0.2, 0) is 0 Å². The molecule has 3 heteroatoms. The summed E-state index contributed by atoms with van der Waals surface area (Å²) in [6, 6.07) is 0. The molecule has 0 radical (unpaired) electrons. The van der Waals surface area contributed by atoms with Gasteiger partial charge < -0.3 is 0 Å². The molecule has 0 aliphatic carbocycles. The number of unbranched alkanes of at least 4 members (excludes halogenated alkanes) is 1. The Balaban J connectivity index is 5.44. The van der Waals surface area contributed by atoms with E-state index in [2.05, 4.69) is 70.3 Å². The Morgan fingerprint density at radius 3 is 2.19 bits per heavy atom. The van der Waals surface area contributed by atoms with Crippen molar-refractivity contribution < 1.29 is 0 Å². The summed E-state index contributed by atoms with van der Waals surface area (Å²) >= 11 is 3.68. The topological polar surface area (TPSA) is 0 Å². The first-order valence-corrected chi connectivity index (χ1v) is 12.8. The SMILES string of the molecule is CC#C/C(C#C[Si](C)(C)C(C)(C)C)=C(/SC)SCCCC. The van der Waals surface area contributed by atoms with Crippen molar-refractivity contribution in [2.24, 2.45) is 0 Å². The zero-order valence-electron chi connectivity index (χ0n) is 14.9. The van der Waals surface area contributed by atoms with Crippen molar-refractivity contribution in [3.05, 3.63) is 9.81 Å². The lowest BCUT2D eigenvalue weighted by Crippen LogP contribution is -2.35. The van der Waals surface area contributed by atoms with Crippen LogP contribution in [-0.4, -0.2) is 20.1 Å². The lowest BCUT2D eigenvalue weighted by atomic mass is 10.2. The van der Waals surface area contributed by atoms with Gasteiger partial charge >= 0.3 is 0 Å². The van der Waals surface area contributed by atoms with Crippen molar-refractivity contribution in [2.45, 2.75) is 65.6 Å². The van der Waals surface area contributed by atoms with E-state index in [-0.39, 0.29) is 0 Å². The van der Waals surface area contributed by atoms with Crippen LogP contribution in [0.4, 0.5) is 0 Å². The van der Waals surface area contributed by atoms with Crippen molar-refractivity contribution in [3.63, 3.8) is 0 Å². The first kappa shape index (κ1) is 20.8. The number of hydrogen-bond acceptors (Lipinski definition) is 2. The van der Waals surface area contributed by atoms with Crippen molar-refractivity contribution >= 4 is 31.6 Å². The number of rotatable bonds is 5. The lowest BCUT2D eigenvalue weighted by Gasteiger charge is -2.31. The molecular weight excluding hydrogens is 308 g/mol. The Labute approximate surface area is 142 Å². The van der Waals surface area contributed by atoms with Gasteiger partial charge in [-0.1, -0.05) is 59.1 Å². The van der Waals surface area contributed by atoms with Crippen molar-refractivity contribution in [2.75, 3.05) is 12.0 Å². The molecule has 0 aliphatic rings. The van der Waals surface area contributed by atoms with Gasteiger partial charge in [-0.25, -0.2) is 0 Å². The molecule has 0 rings (SSSR count). The zero-order valence-corrected chi connectivity index (χ0v) is 17.6. The molecule has 21 heavy (non-hydrogen) atoms. The van der Waals surface area contributed by atoms with Gasteiger partial charge in [-0.05, 0) is 30.4 Å². The minimum absolute atomic E-state index is 0.291. The van der Waals surface area contributed by atoms with Crippen LogP contribution in [0.1, 0.15) is 47.5 Å². The highest BCUT2D eigenvalue weighted by Crippen LogP contribution is 2.35. The average molecular weight is 339 g/mol. The molecule has 0 aromatic carbocycles. The van der Waals surface area contributed by atoms with Gasteiger partial charge in [-0.2, -0.15) is 0 Å². The highest BCUT2D eigenvalue weighted by molar-refractivity contribution is 8.22. The second kappa shape index (κ2) is 9.72. The highest BCUT2D eigenvalue weighted by atomic mass is 32.2. The summed E-state index contributed by atoms with van der Waals surface area (Å²) in [5, 5.41) is 0.291. The van der Waals surface area contributed by atoms with Gasteiger partial charge in [0.2, 0.25) is 0 Å². The van der Waals surface area contributed by atoms with Crippen LogP contribution in [0.2, 0.25) is 18.1 Å². The maximum Gasteiger partial charge on any atom is 0.138 e. The fraction of sp³-hybridized carbons (Fsp3) is 0.667. The van der Waals surface area contributed by atoms with E-state index in [0.717, 1.165) is 11.3 Å². The monoisotopic (exact) mass is 338 g/mol. The van der Waals surface area contributed by atoms with Crippen molar-refractivity contribution in [3.8, 4) is 23.3 Å². The molecule has 118 valence electrons. The third-order valence-electron chi connectivity index (χ3n) is 3.75. The molecule has 0 saturated carbocycles. The Bertz CT molecular complexity index is 473. The van der Waals surface area contributed by atoms with Crippen LogP contribution in [0.15, 0.2) is 9.81 Å². The van der Waals surface area contributed by atoms with Crippen LogP contribution < -0.4 is 0 Å².